The second-order valence-corrected chi connectivity index (χ2v) is 6.41. The van der Waals surface area contributed by atoms with E-state index in [-0.39, 0.29) is 23.2 Å². The van der Waals surface area contributed by atoms with Gasteiger partial charge in [-0.1, -0.05) is 17.7 Å². The molecule has 0 atom stereocenters. The Labute approximate surface area is 159 Å². The molecule has 1 aliphatic rings. The van der Waals surface area contributed by atoms with E-state index in [0.717, 1.165) is 0 Å². The van der Waals surface area contributed by atoms with Crippen LogP contribution in [0.4, 0.5) is 10.3 Å². The van der Waals surface area contributed by atoms with Crippen LogP contribution in [-0.2, 0) is 18.3 Å². The van der Waals surface area contributed by atoms with Gasteiger partial charge < -0.3 is 20.1 Å². The van der Waals surface area contributed by atoms with Gasteiger partial charge in [-0.3, -0.25) is 14.2 Å². The number of aromatic nitrogens is 2. The van der Waals surface area contributed by atoms with Crippen LogP contribution in [0.2, 0.25) is 5.02 Å². The van der Waals surface area contributed by atoms with Crippen molar-refractivity contribution < 1.29 is 19.0 Å². The van der Waals surface area contributed by atoms with Gasteiger partial charge in [0.15, 0.2) is 5.69 Å². The van der Waals surface area contributed by atoms with Crippen molar-refractivity contribution in [1.29, 1.82) is 0 Å². The molecule has 0 saturated carbocycles. The van der Waals surface area contributed by atoms with Crippen LogP contribution < -0.4 is 15.8 Å². The first-order valence-corrected chi connectivity index (χ1v) is 8.61. The molecule has 0 aliphatic carbocycles. The molecule has 3 rings (SSSR count). The Bertz CT molecular complexity index is 928. The van der Waals surface area contributed by atoms with Crippen LogP contribution in [0, 0.1) is 5.82 Å². The van der Waals surface area contributed by atoms with Gasteiger partial charge in [0.1, 0.15) is 5.82 Å². The highest BCUT2D eigenvalue weighted by Crippen LogP contribution is 2.18. The van der Waals surface area contributed by atoms with Crippen LogP contribution in [0.15, 0.2) is 23.0 Å². The zero-order valence-electron chi connectivity index (χ0n) is 14.5. The minimum absolute atomic E-state index is 0.0298. The maximum Gasteiger partial charge on any atom is 0.297 e. The number of amides is 1. The number of halogens is 2. The van der Waals surface area contributed by atoms with Crippen molar-refractivity contribution >= 4 is 23.5 Å². The molecule has 0 radical (unpaired) electrons. The van der Waals surface area contributed by atoms with E-state index in [1.807, 2.05) is 0 Å². The van der Waals surface area contributed by atoms with Gasteiger partial charge in [0.2, 0.25) is 11.7 Å². The van der Waals surface area contributed by atoms with E-state index in [4.69, 9.17) is 16.3 Å². The summed E-state index contributed by atoms with van der Waals surface area (Å²) in [7, 11) is 1.47. The quantitative estimate of drug-likeness (QED) is 0.801. The van der Waals surface area contributed by atoms with Crippen molar-refractivity contribution in [3.63, 3.8) is 0 Å². The summed E-state index contributed by atoms with van der Waals surface area (Å²) < 4.78 is 19.7. The molecule has 144 valence electrons. The first-order valence-electron chi connectivity index (χ1n) is 8.23. The summed E-state index contributed by atoms with van der Waals surface area (Å²) in [5.41, 5.74) is -0.527. The summed E-state index contributed by atoms with van der Waals surface area (Å²) in [6.45, 7) is 2.01. The number of morpholine rings is 1. The van der Waals surface area contributed by atoms with E-state index in [1.165, 1.54) is 29.8 Å². The molecule has 0 spiro atoms. The lowest BCUT2D eigenvalue weighted by Crippen LogP contribution is -2.41. The maximum atomic E-state index is 13.2. The molecular weight excluding hydrogens is 379 g/mol. The molecule has 1 saturated heterocycles. The van der Waals surface area contributed by atoms with Crippen LogP contribution in [0.3, 0.4) is 0 Å². The SMILES string of the molecule is Cn1c(N2CCOCC2)nc(C(=O)NCc2ccc(F)c(Cl)c2)c(O)c1=O. The van der Waals surface area contributed by atoms with Gasteiger partial charge in [0.05, 0.1) is 18.2 Å². The van der Waals surface area contributed by atoms with Gasteiger partial charge >= 0.3 is 0 Å². The Morgan fingerprint density at radius 3 is 2.78 bits per heavy atom. The fourth-order valence-electron chi connectivity index (χ4n) is 2.70. The maximum absolute atomic E-state index is 13.2. The minimum Gasteiger partial charge on any atom is -0.501 e. The number of carbonyl (C=O) groups is 1. The van der Waals surface area contributed by atoms with E-state index in [2.05, 4.69) is 10.3 Å². The predicted molar refractivity (Wildman–Crippen MR) is 96.8 cm³/mol. The van der Waals surface area contributed by atoms with Crippen molar-refractivity contribution in [1.82, 2.24) is 14.9 Å². The molecule has 1 amide bonds. The van der Waals surface area contributed by atoms with Crippen molar-refractivity contribution in [2.45, 2.75) is 6.54 Å². The molecule has 0 unspecified atom stereocenters. The molecule has 1 aliphatic heterocycles. The molecule has 2 N–H and O–H groups in total. The van der Waals surface area contributed by atoms with Crippen molar-refractivity contribution in [3.8, 4) is 5.75 Å². The van der Waals surface area contributed by atoms with Gasteiger partial charge in [-0.05, 0) is 17.7 Å². The number of aromatic hydroxyl groups is 1. The van der Waals surface area contributed by atoms with E-state index >= 15 is 0 Å². The topological polar surface area (TPSA) is 96.7 Å². The fourth-order valence-corrected chi connectivity index (χ4v) is 2.90. The van der Waals surface area contributed by atoms with Crippen molar-refractivity contribution in [2.75, 3.05) is 31.2 Å². The van der Waals surface area contributed by atoms with Crippen LogP contribution in [-0.4, -0.2) is 46.9 Å². The lowest BCUT2D eigenvalue weighted by Gasteiger charge is -2.29. The number of benzene rings is 1. The van der Waals surface area contributed by atoms with E-state index in [9.17, 15) is 19.1 Å². The van der Waals surface area contributed by atoms with Gasteiger partial charge in [-0.15, -0.1) is 0 Å². The highest BCUT2D eigenvalue weighted by atomic mass is 35.5. The minimum atomic E-state index is -0.732. The number of hydrogen-bond donors (Lipinski definition) is 2. The summed E-state index contributed by atoms with van der Waals surface area (Å²) in [6, 6.07) is 4.04. The van der Waals surface area contributed by atoms with Gasteiger partial charge in [0, 0.05) is 26.7 Å². The summed E-state index contributed by atoms with van der Waals surface area (Å²) in [6.07, 6.45) is 0. The molecular formula is C17H18ClFN4O4. The second kappa shape index (κ2) is 7.93. The molecule has 1 aromatic heterocycles. The zero-order valence-corrected chi connectivity index (χ0v) is 15.3. The summed E-state index contributed by atoms with van der Waals surface area (Å²) >= 11 is 5.72. The monoisotopic (exact) mass is 396 g/mol. The average molecular weight is 397 g/mol. The Balaban J connectivity index is 1.83. The third-order valence-corrected chi connectivity index (χ3v) is 4.48. The van der Waals surface area contributed by atoms with Crippen molar-refractivity contribution in [3.05, 3.63) is 50.7 Å². The first kappa shape index (κ1) is 19.1. The number of nitrogens with one attached hydrogen (secondary N) is 1. The Morgan fingerprint density at radius 1 is 1.41 bits per heavy atom. The molecule has 2 aromatic rings. The number of rotatable bonds is 4. The molecule has 2 heterocycles. The highest BCUT2D eigenvalue weighted by Gasteiger charge is 2.23. The highest BCUT2D eigenvalue weighted by molar-refractivity contribution is 6.30. The molecule has 1 fully saturated rings. The summed E-state index contributed by atoms with van der Waals surface area (Å²) in [5.74, 6) is -1.74. The Morgan fingerprint density at radius 2 is 2.11 bits per heavy atom. The summed E-state index contributed by atoms with van der Waals surface area (Å²) in [5, 5.41) is 12.6. The molecule has 27 heavy (non-hydrogen) atoms. The number of nitrogens with zero attached hydrogens (tertiary/aromatic N) is 3. The Hall–Kier alpha value is -2.65. The normalized spacial score (nSPS) is 14.3. The van der Waals surface area contributed by atoms with Crippen LogP contribution in [0.25, 0.3) is 0 Å². The Kier molecular flexibility index (Phi) is 5.62. The van der Waals surface area contributed by atoms with Crippen LogP contribution >= 0.6 is 11.6 Å². The molecule has 8 nitrogen and oxygen atoms in total. The van der Waals surface area contributed by atoms with Gasteiger partial charge in [-0.25, -0.2) is 9.37 Å². The predicted octanol–water partition coefficient (Wildman–Crippen LogP) is 1.05. The van der Waals surface area contributed by atoms with Gasteiger partial charge in [0.25, 0.3) is 11.5 Å². The first-order chi connectivity index (χ1) is 12.9. The lowest BCUT2D eigenvalue weighted by molar-refractivity contribution is 0.0942. The zero-order chi connectivity index (χ0) is 19.6. The lowest BCUT2D eigenvalue weighted by atomic mass is 10.2. The second-order valence-electron chi connectivity index (χ2n) is 6.00. The number of ether oxygens (including phenoxy) is 1. The van der Waals surface area contributed by atoms with Crippen LogP contribution in [0.5, 0.6) is 5.75 Å². The van der Waals surface area contributed by atoms with Crippen molar-refractivity contribution in [2.24, 2.45) is 7.05 Å². The number of carbonyl (C=O) groups excluding carboxylic acids is 1. The molecule has 1 aromatic carbocycles. The van der Waals surface area contributed by atoms with E-state index in [0.29, 0.717) is 31.9 Å². The van der Waals surface area contributed by atoms with Crippen LogP contribution in [0.1, 0.15) is 16.1 Å². The van der Waals surface area contributed by atoms with E-state index < -0.39 is 23.0 Å². The number of anilines is 1. The van der Waals surface area contributed by atoms with E-state index in [1.54, 1.807) is 4.90 Å². The average Bonchev–Trinajstić information content (AvgIpc) is 2.68. The smallest absolute Gasteiger partial charge is 0.297 e. The third-order valence-electron chi connectivity index (χ3n) is 4.19. The standard InChI is InChI=1S/C17H18ClFN4O4/c1-22-16(26)14(24)13(21-17(22)23-4-6-27-7-5-23)15(25)20-9-10-2-3-12(19)11(18)8-10/h2-3,8,24H,4-7,9H2,1H3,(H,20,25). The fraction of sp³-hybridized carbons (Fsp3) is 0.353. The number of hydrogen-bond acceptors (Lipinski definition) is 6. The third kappa shape index (κ3) is 4.04. The molecule has 10 heteroatoms. The largest absolute Gasteiger partial charge is 0.501 e. The summed E-state index contributed by atoms with van der Waals surface area (Å²) in [4.78, 5) is 30.7. The molecule has 0 bridgehead atoms. The van der Waals surface area contributed by atoms with Gasteiger partial charge in [-0.2, -0.15) is 0 Å².